The summed E-state index contributed by atoms with van der Waals surface area (Å²) < 4.78 is 12.8. The van der Waals surface area contributed by atoms with Gasteiger partial charge in [0.15, 0.2) is 11.5 Å². The van der Waals surface area contributed by atoms with Crippen molar-refractivity contribution >= 4 is 51.7 Å². The lowest BCUT2D eigenvalue weighted by atomic mass is 10.1. The van der Waals surface area contributed by atoms with E-state index in [1.807, 2.05) is 61.5 Å². The fourth-order valence-corrected chi connectivity index (χ4v) is 5.83. The number of amides is 1. The molecule has 0 aliphatic carbocycles. The first kappa shape index (κ1) is 24.2. The Kier molecular flexibility index (Phi) is 6.34. The number of nitrogens with zero attached hydrogens (tertiary/aromatic N) is 3. The Morgan fingerprint density at radius 2 is 1.87 bits per heavy atom. The van der Waals surface area contributed by atoms with Crippen LogP contribution in [-0.2, 0) is 11.3 Å². The van der Waals surface area contributed by atoms with Gasteiger partial charge < -0.3 is 14.8 Å². The number of anilines is 1. The molecule has 8 nitrogen and oxygen atoms in total. The van der Waals surface area contributed by atoms with Gasteiger partial charge in [0.2, 0.25) is 6.79 Å². The van der Waals surface area contributed by atoms with Crippen LogP contribution in [0.3, 0.4) is 0 Å². The molecule has 2 aliphatic heterocycles. The van der Waals surface area contributed by atoms with Gasteiger partial charge in [0.25, 0.3) is 11.5 Å². The molecular weight excluding hydrogens is 520 g/mol. The zero-order valence-corrected chi connectivity index (χ0v) is 21.9. The Morgan fingerprint density at radius 3 is 2.71 bits per heavy atom. The molecule has 1 fully saturated rings. The molecule has 2 aromatic carbocycles. The summed E-state index contributed by atoms with van der Waals surface area (Å²) in [6, 6.07) is 20.5. The molecule has 1 atom stereocenters. The molecule has 0 radical (unpaired) electrons. The molecule has 10 heteroatoms. The predicted molar refractivity (Wildman–Crippen MR) is 151 cm³/mol. The van der Waals surface area contributed by atoms with Crippen LogP contribution < -0.4 is 20.3 Å². The van der Waals surface area contributed by atoms with Crippen molar-refractivity contribution in [3.8, 4) is 11.5 Å². The van der Waals surface area contributed by atoms with Crippen LogP contribution in [-0.4, -0.2) is 31.3 Å². The molecule has 2 aromatic heterocycles. The number of fused-ring (bicyclic) bond motifs is 2. The predicted octanol–water partition coefficient (Wildman–Crippen LogP) is 5.00. The lowest BCUT2D eigenvalue weighted by Crippen LogP contribution is -2.31. The molecule has 0 saturated carbocycles. The Balaban J connectivity index is 1.36. The quantitative estimate of drug-likeness (QED) is 0.269. The lowest BCUT2D eigenvalue weighted by Gasteiger charge is -2.23. The number of thioether (sulfide) groups is 1. The van der Waals surface area contributed by atoms with Crippen LogP contribution in [0.5, 0.6) is 11.5 Å². The lowest BCUT2D eigenvalue weighted by molar-refractivity contribution is -0.123. The first-order valence-electron chi connectivity index (χ1n) is 12.0. The number of nitrogens with one attached hydrogen (secondary N) is 1. The summed E-state index contributed by atoms with van der Waals surface area (Å²) in [4.78, 5) is 33.7. The number of carbonyl (C=O) groups is 1. The highest BCUT2D eigenvalue weighted by Crippen LogP contribution is 2.38. The van der Waals surface area contributed by atoms with Crippen molar-refractivity contribution in [3.63, 3.8) is 0 Å². The molecule has 0 spiro atoms. The SMILES string of the molecule is C[C@H](c1ccccc1)N1C(=O)/C(=C/c2c(NCc3ccc4c(c3)OCO4)nc3ccccn3c2=O)SC1=S. The van der Waals surface area contributed by atoms with E-state index in [9.17, 15) is 9.59 Å². The van der Waals surface area contributed by atoms with Crippen molar-refractivity contribution < 1.29 is 14.3 Å². The minimum absolute atomic E-state index is 0.195. The molecule has 1 saturated heterocycles. The summed E-state index contributed by atoms with van der Waals surface area (Å²) in [5, 5.41) is 3.28. The number of pyridine rings is 1. The molecule has 2 aliphatic rings. The summed E-state index contributed by atoms with van der Waals surface area (Å²) in [6.07, 6.45) is 3.25. The highest BCUT2D eigenvalue weighted by Gasteiger charge is 2.36. The molecule has 4 heterocycles. The van der Waals surface area contributed by atoms with Gasteiger partial charge in [0, 0.05) is 12.7 Å². The van der Waals surface area contributed by atoms with E-state index in [2.05, 4.69) is 5.32 Å². The second kappa shape index (κ2) is 9.96. The van der Waals surface area contributed by atoms with Crippen molar-refractivity contribution in [1.82, 2.24) is 14.3 Å². The van der Waals surface area contributed by atoms with Crippen LogP contribution in [0.25, 0.3) is 11.7 Å². The first-order valence-corrected chi connectivity index (χ1v) is 13.2. The summed E-state index contributed by atoms with van der Waals surface area (Å²) >= 11 is 6.76. The molecular formula is C28H22N4O4S2. The van der Waals surface area contributed by atoms with Crippen LogP contribution in [0.1, 0.15) is 29.7 Å². The number of aromatic nitrogens is 2. The zero-order chi connectivity index (χ0) is 26.2. The van der Waals surface area contributed by atoms with Crippen LogP contribution in [0.15, 0.2) is 82.6 Å². The Labute approximate surface area is 227 Å². The van der Waals surface area contributed by atoms with Crippen molar-refractivity contribution in [2.75, 3.05) is 12.1 Å². The largest absolute Gasteiger partial charge is 0.454 e. The average Bonchev–Trinajstić information content (AvgIpc) is 3.52. The average molecular weight is 543 g/mol. The third-order valence-corrected chi connectivity index (χ3v) is 7.76. The van der Waals surface area contributed by atoms with Gasteiger partial charge in [-0.3, -0.25) is 18.9 Å². The van der Waals surface area contributed by atoms with Gasteiger partial charge in [0.05, 0.1) is 16.5 Å². The minimum Gasteiger partial charge on any atom is -0.454 e. The van der Waals surface area contributed by atoms with Crippen LogP contribution in [0.4, 0.5) is 5.82 Å². The number of thiocarbonyl (C=S) groups is 1. The minimum atomic E-state index is -0.287. The first-order chi connectivity index (χ1) is 18.5. The van der Waals surface area contributed by atoms with Gasteiger partial charge in [-0.15, -0.1) is 0 Å². The highest BCUT2D eigenvalue weighted by atomic mass is 32.2. The van der Waals surface area contributed by atoms with Crippen molar-refractivity contribution in [1.29, 1.82) is 0 Å². The maximum absolute atomic E-state index is 13.6. The van der Waals surface area contributed by atoms with E-state index in [1.54, 1.807) is 29.3 Å². The van der Waals surface area contributed by atoms with Gasteiger partial charge in [-0.2, -0.15) is 0 Å². The number of carbonyl (C=O) groups excluding carboxylic acids is 1. The summed E-state index contributed by atoms with van der Waals surface area (Å²) in [7, 11) is 0. The van der Waals surface area contributed by atoms with Crippen LogP contribution in [0, 0.1) is 0 Å². The van der Waals surface area contributed by atoms with Crippen molar-refractivity contribution in [2.24, 2.45) is 0 Å². The monoisotopic (exact) mass is 542 g/mol. The summed E-state index contributed by atoms with van der Waals surface area (Å²) in [5.74, 6) is 1.51. The highest BCUT2D eigenvalue weighted by molar-refractivity contribution is 8.26. The Morgan fingerprint density at radius 1 is 1.08 bits per heavy atom. The van der Waals surface area contributed by atoms with E-state index >= 15 is 0 Å². The number of ether oxygens (including phenoxy) is 2. The number of benzene rings is 2. The third-order valence-electron chi connectivity index (χ3n) is 6.43. The van der Waals surface area contributed by atoms with Gasteiger partial charge >= 0.3 is 0 Å². The maximum atomic E-state index is 13.6. The number of hydrogen-bond donors (Lipinski definition) is 1. The standard InChI is InChI=1S/C28H22N4O4S2/c1-17(19-7-3-2-4-8-19)32-27(34)23(38-28(32)37)14-20-25(30-24-9-5-6-12-31(24)26(20)33)29-15-18-10-11-21-22(13-18)36-16-35-21/h2-14,17,29H,15-16H2,1H3/b23-14-/t17-/m1/s1. The van der Waals surface area contributed by atoms with Crippen molar-refractivity contribution in [2.45, 2.75) is 19.5 Å². The van der Waals surface area contributed by atoms with E-state index in [0.717, 1.165) is 11.1 Å². The van der Waals surface area contributed by atoms with Gasteiger partial charge in [0.1, 0.15) is 15.8 Å². The third kappa shape index (κ3) is 4.42. The molecule has 190 valence electrons. The van der Waals surface area contributed by atoms with E-state index < -0.39 is 0 Å². The second-order valence-corrected chi connectivity index (χ2v) is 10.5. The Hall–Kier alpha value is -4.15. The van der Waals surface area contributed by atoms with E-state index in [-0.39, 0.29) is 29.9 Å². The molecule has 1 amide bonds. The van der Waals surface area contributed by atoms with E-state index in [4.69, 9.17) is 26.7 Å². The second-order valence-electron chi connectivity index (χ2n) is 8.79. The number of hydrogen-bond acceptors (Lipinski definition) is 8. The smallest absolute Gasteiger partial charge is 0.267 e. The van der Waals surface area contributed by atoms with Gasteiger partial charge in [-0.1, -0.05) is 66.4 Å². The van der Waals surface area contributed by atoms with E-state index in [0.29, 0.717) is 38.7 Å². The molecule has 0 bridgehead atoms. The van der Waals surface area contributed by atoms with E-state index in [1.165, 1.54) is 16.2 Å². The van der Waals surface area contributed by atoms with Gasteiger partial charge in [-0.25, -0.2) is 4.98 Å². The normalized spacial score (nSPS) is 16.4. The van der Waals surface area contributed by atoms with Gasteiger partial charge in [-0.05, 0) is 48.4 Å². The summed E-state index contributed by atoms with van der Waals surface area (Å²) in [6.45, 7) is 2.52. The zero-order valence-electron chi connectivity index (χ0n) is 20.3. The van der Waals surface area contributed by atoms with Crippen LogP contribution in [0.2, 0.25) is 0 Å². The molecule has 0 unspecified atom stereocenters. The van der Waals surface area contributed by atoms with Crippen molar-refractivity contribution in [3.05, 3.63) is 105 Å². The van der Waals surface area contributed by atoms with Crippen LogP contribution >= 0.6 is 24.0 Å². The Bertz CT molecular complexity index is 1670. The molecule has 6 rings (SSSR count). The fourth-order valence-electron chi connectivity index (χ4n) is 4.43. The maximum Gasteiger partial charge on any atom is 0.267 e. The molecule has 4 aromatic rings. The number of rotatable bonds is 6. The topological polar surface area (TPSA) is 85.2 Å². The molecule has 1 N–H and O–H groups in total. The summed E-state index contributed by atoms with van der Waals surface area (Å²) in [5.41, 5.74) is 2.39. The fraction of sp³-hybridized carbons (Fsp3) is 0.143. The molecule has 38 heavy (non-hydrogen) atoms.